The van der Waals surface area contributed by atoms with Crippen molar-refractivity contribution in [2.75, 3.05) is 26.2 Å². The van der Waals surface area contributed by atoms with Crippen LogP contribution in [0, 0.1) is 0 Å². The fourth-order valence-electron chi connectivity index (χ4n) is 2.77. The summed E-state index contributed by atoms with van der Waals surface area (Å²) in [5.41, 5.74) is 2.44. The molecule has 0 radical (unpaired) electrons. The lowest BCUT2D eigenvalue weighted by molar-refractivity contribution is -0.0154. The number of aromatic nitrogens is 1. The quantitative estimate of drug-likeness (QED) is 0.906. The SMILES string of the molecule is CCc1ccc([C@@H]2CN(C(=O)NCCc3nccs3)CCO2)cc1. The van der Waals surface area contributed by atoms with Crippen molar-refractivity contribution in [3.63, 3.8) is 0 Å². The summed E-state index contributed by atoms with van der Waals surface area (Å²) in [6.45, 7) is 4.55. The molecule has 0 aliphatic carbocycles. The second-order valence-corrected chi connectivity index (χ2v) is 6.79. The van der Waals surface area contributed by atoms with Gasteiger partial charge in [0, 0.05) is 31.1 Å². The lowest BCUT2D eigenvalue weighted by atomic mass is 10.0. The molecule has 5 nitrogen and oxygen atoms in total. The van der Waals surface area contributed by atoms with Gasteiger partial charge in [-0.3, -0.25) is 0 Å². The number of amides is 2. The van der Waals surface area contributed by atoms with E-state index in [0.29, 0.717) is 26.2 Å². The highest BCUT2D eigenvalue weighted by molar-refractivity contribution is 7.09. The maximum Gasteiger partial charge on any atom is 0.317 e. The zero-order valence-corrected chi connectivity index (χ0v) is 14.7. The highest BCUT2D eigenvalue weighted by Crippen LogP contribution is 2.22. The Morgan fingerprint density at radius 3 is 2.96 bits per heavy atom. The van der Waals surface area contributed by atoms with Crippen molar-refractivity contribution in [2.24, 2.45) is 0 Å². The number of urea groups is 1. The molecule has 0 spiro atoms. The fourth-order valence-corrected chi connectivity index (χ4v) is 3.39. The van der Waals surface area contributed by atoms with Crippen molar-refractivity contribution in [1.82, 2.24) is 15.2 Å². The molecule has 1 aliphatic rings. The second kappa shape index (κ2) is 8.26. The van der Waals surface area contributed by atoms with Crippen LogP contribution in [0.2, 0.25) is 0 Å². The number of thiazole rings is 1. The number of hydrogen-bond donors (Lipinski definition) is 1. The summed E-state index contributed by atoms with van der Waals surface area (Å²) in [5, 5.41) is 5.98. The predicted octanol–water partition coefficient (Wildman–Crippen LogP) is 3.03. The number of aryl methyl sites for hydroxylation is 1. The standard InChI is InChI=1S/C18H23N3O2S/c1-2-14-3-5-15(6-4-14)16-13-21(10-11-23-16)18(22)20-8-7-17-19-9-12-24-17/h3-6,9,12,16H,2,7-8,10-11,13H2,1H3,(H,20,22)/t16-/m0/s1. The summed E-state index contributed by atoms with van der Waals surface area (Å²) in [4.78, 5) is 18.4. The molecule has 0 saturated carbocycles. The second-order valence-electron chi connectivity index (χ2n) is 5.81. The monoisotopic (exact) mass is 345 g/mol. The molecule has 1 fully saturated rings. The third kappa shape index (κ3) is 4.33. The Labute approximate surface area is 146 Å². The Balaban J connectivity index is 1.51. The zero-order chi connectivity index (χ0) is 16.8. The van der Waals surface area contributed by atoms with Gasteiger partial charge in [-0.1, -0.05) is 31.2 Å². The van der Waals surface area contributed by atoms with Gasteiger partial charge in [0.25, 0.3) is 0 Å². The molecule has 1 atom stereocenters. The normalized spacial score (nSPS) is 17.7. The number of ether oxygens (including phenoxy) is 1. The van der Waals surface area contributed by atoms with E-state index in [1.165, 1.54) is 5.56 Å². The third-order valence-electron chi connectivity index (χ3n) is 4.21. The van der Waals surface area contributed by atoms with Crippen molar-refractivity contribution < 1.29 is 9.53 Å². The van der Waals surface area contributed by atoms with E-state index < -0.39 is 0 Å². The van der Waals surface area contributed by atoms with E-state index in [1.54, 1.807) is 17.5 Å². The van der Waals surface area contributed by atoms with Crippen LogP contribution in [0.3, 0.4) is 0 Å². The number of nitrogens with zero attached hydrogens (tertiary/aromatic N) is 2. The van der Waals surface area contributed by atoms with Crippen LogP contribution in [0.4, 0.5) is 4.79 Å². The highest BCUT2D eigenvalue weighted by atomic mass is 32.1. The summed E-state index contributed by atoms with van der Waals surface area (Å²) in [5.74, 6) is 0. The molecule has 0 unspecified atom stereocenters. The molecule has 0 bridgehead atoms. The molecule has 1 aromatic heterocycles. The maximum atomic E-state index is 12.3. The molecule has 3 rings (SSSR count). The number of carbonyl (C=O) groups excluding carboxylic acids is 1. The van der Waals surface area contributed by atoms with E-state index in [1.807, 2.05) is 10.3 Å². The molecule has 6 heteroatoms. The number of benzene rings is 1. The first kappa shape index (κ1) is 16.9. The number of nitrogens with one attached hydrogen (secondary N) is 1. The summed E-state index contributed by atoms with van der Waals surface area (Å²) in [6, 6.07) is 8.45. The number of hydrogen-bond acceptors (Lipinski definition) is 4. The molecule has 2 heterocycles. The van der Waals surface area contributed by atoms with Gasteiger partial charge < -0.3 is 15.0 Å². The molecular formula is C18H23N3O2S. The molecule has 2 aromatic rings. The Morgan fingerprint density at radius 1 is 1.42 bits per heavy atom. The molecule has 1 aromatic carbocycles. The highest BCUT2D eigenvalue weighted by Gasteiger charge is 2.25. The Morgan fingerprint density at radius 2 is 2.25 bits per heavy atom. The van der Waals surface area contributed by atoms with Crippen LogP contribution in [-0.4, -0.2) is 42.2 Å². The fraction of sp³-hybridized carbons (Fsp3) is 0.444. The average molecular weight is 345 g/mol. The lowest BCUT2D eigenvalue weighted by Crippen LogP contribution is -2.47. The lowest BCUT2D eigenvalue weighted by Gasteiger charge is -2.33. The summed E-state index contributed by atoms with van der Waals surface area (Å²) < 4.78 is 5.85. The molecule has 24 heavy (non-hydrogen) atoms. The van der Waals surface area contributed by atoms with Gasteiger partial charge in [-0.2, -0.15) is 0 Å². The summed E-state index contributed by atoms with van der Waals surface area (Å²) in [6.07, 6.45) is 3.54. The van der Waals surface area contributed by atoms with Gasteiger partial charge in [0.1, 0.15) is 6.10 Å². The summed E-state index contributed by atoms with van der Waals surface area (Å²) in [7, 11) is 0. The van der Waals surface area contributed by atoms with E-state index in [9.17, 15) is 4.79 Å². The summed E-state index contributed by atoms with van der Waals surface area (Å²) >= 11 is 1.61. The molecule has 1 N–H and O–H groups in total. The first-order valence-corrected chi connectivity index (χ1v) is 9.26. The van der Waals surface area contributed by atoms with E-state index in [-0.39, 0.29) is 12.1 Å². The van der Waals surface area contributed by atoms with Gasteiger partial charge in [0.2, 0.25) is 0 Å². The smallest absolute Gasteiger partial charge is 0.317 e. The van der Waals surface area contributed by atoms with Crippen molar-refractivity contribution >= 4 is 17.4 Å². The maximum absolute atomic E-state index is 12.3. The Kier molecular flexibility index (Phi) is 5.82. The zero-order valence-electron chi connectivity index (χ0n) is 13.9. The molecule has 2 amide bonds. The minimum absolute atomic E-state index is 0.0231. The number of rotatable bonds is 5. The van der Waals surface area contributed by atoms with E-state index in [2.05, 4.69) is 41.5 Å². The van der Waals surface area contributed by atoms with Crippen LogP contribution in [0.1, 0.15) is 29.2 Å². The first-order chi connectivity index (χ1) is 11.8. The Hall–Kier alpha value is -1.92. The van der Waals surface area contributed by atoms with Crippen LogP contribution in [0.5, 0.6) is 0 Å². The number of morpholine rings is 1. The van der Waals surface area contributed by atoms with Crippen LogP contribution in [0.25, 0.3) is 0 Å². The van der Waals surface area contributed by atoms with Crippen LogP contribution >= 0.6 is 11.3 Å². The Bertz CT molecular complexity index is 643. The van der Waals surface area contributed by atoms with E-state index in [4.69, 9.17) is 4.74 Å². The minimum atomic E-state index is -0.0469. The van der Waals surface area contributed by atoms with Gasteiger partial charge in [-0.25, -0.2) is 9.78 Å². The van der Waals surface area contributed by atoms with E-state index >= 15 is 0 Å². The number of carbonyl (C=O) groups is 1. The van der Waals surface area contributed by atoms with Gasteiger partial charge in [0.15, 0.2) is 0 Å². The van der Waals surface area contributed by atoms with Gasteiger partial charge >= 0.3 is 6.03 Å². The molecule has 128 valence electrons. The van der Waals surface area contributed by atoms with Gasteiger partial charge in [-0.15, -0.1) is 11.3 Å². The van der Waals surface area contributed by atoms with Crippen molar-refractivity contribution in [1.29, 1.82) is 0 Å². The van der Waals surface area contributed by atoms with Gasteiger partial charge in [-0.05, 0) is 17.5 Å². The van der Waals surface area contributed by atoms with Crippen molar-refractivity contribution in [2.45, 2.75) is 25.9 Å². The largest absolute Gasteiger partial charge is 0.370 e. The van der Waals surface area contributed by atoms with E-state index in [0.717, 1.165) is 23.4 Å². The topological polar surface area (TPSA) is 54.5 Å². The van der Waals surface area contributed by atoms with Gasteiger partial charge in [0.05, 0.1) is 18.2 Å². The van der Waals surface area contributed by atoms with Crippen LogP contribution in [0.15, 0.2) is 35.8 Å². The molecule has 1 aliphatic heterocycles. The van der Waals surface area contributed by atoms with Crippen molar-refractivity contribution in [3.05, 3.63) is 52.0 Å². The van der Waals surface area contributed by atoms with Crippen LogP contribution in [-0.2, 0) is 17.6 Å². The minimum Gasteiger partial charge on any atom is -0.370 e. The van der Waals surface area contributed by atoms with Crippen LogP contribution < -0.4 is 5.32 Å². The first-order valence-electron chi connectivity index (χ1n) is 8.38. The molecule has 1 saturated heterocycles. The van der Waals surface area contributed by atoms with Crippen molar-refractivity contribution in [3.8, 4) is 0 Å². The average Bonchev–Trinajstić information content (AvgIpc) is 3.15. The predicted molar refractivity (Wildman–Crippen MR) is 95.3 cm³/mol. The third-order valence-corrected chi connectivity index (χ3v) is 5.05. The molecular weight excluding hydrogens is 322 g/mol.